The molecule has 1 atom stereocenters. The number of hydrogen-bond acceptors (Lipinski definition) is 7. The lowest BCUT2D eigenvalue weighted by Gasteiger charge is -2.11. The average Bonchev–Trinajstić information content (AvgIpc) is 2.74. The van der Waals surface area contributed by atoms with Gasteiger partial charge >= 0.3 is 12.0 Å². The van der Waals surface area contributed by atoms with Crippen molar-refractivity contribution in [2.45, 2.75) is 116 Å². The van der Waals surface area contributed by atoms with E-state index in [0.29, 0.717) is 36.1 Å². The monoisotopic (exact) mass is 441 g/mol. The first-order chi connectivity index (χ1) is 14.7. The zero-order chi connectivity index (χ0) is 21.9. The van der Waals surface area contributed by atoms with Gasteiger partial charge in [-0.25, -0.2) is 0 Å². The first-order valence-electron chi connectivity index (χ1n) is 12.0. The van der Waals surface area contributed by atoms with Crippen molar-refractivity contribution >= 4 is 11.8 Å². The van der Waals surface area contributed by atoms with Gasteiger partial charge in [0.2, 0.25) is 0 Å². The highest BCUT2D eigenvalue weighted by atomic mass is 32.2. The summed E-state index contributed by atoms with van der Waals surface area (Å²) in [4.78, 5) is 13.0. The number of unbranched alkanes of at least 4 members (excludes halogenated alkanes) is 9. The molecule has 1 N–H and O–H groups in total. The van der Waals surface area contributed by atoms with Crippen molar-refractivity contribution in [3.63, 3.8) is 0 Å². The summed E-state index contributed by atoms with van der Waals surface area (Å²) in [6.45, 7) is 7.65. The van der Waals surface area contributed by atoms with Crippen molar-refractivity contribution < 1.29 is 14.6 Å². The Kier molecular flexibility index (Phi) is 16.8. The van der Waals surface area contributed by atoms with Crippen molar-refractivity contribution in [2.75, 3.05) is 19.0 Å². The van der Waals surface area contributed by atoms with Crippen LogP contribution in [-0.4, -0.2) is 45.1 Å². The smallest absolute Gasteiger partial charge is 0.323 e. The maximum atomic E-state index is 10.3. The standard InChI is InChI=1S/C23H43N3O3S/c1-4-7-10-11-12-13-14-15-16-20(27)19-30-23-25-21(28-17-8-5-2)24-22(26-23)29-18-9-6-3/h20,27H,4-19H2,1-3H3. The van der Waals surface area contributed by atoms with Crippen LogP contribution in [0.25, 0.3) is 0 Å². The van der Waals surface area contributed by atoms with Gasteiger partial charge in [-0.2, -0.15) is 9.97 Å². The Labute approximate surface area is 188 Å². The number of hydrogen-bond donors (Lipinski definition) is 1. The highest BCUT2D eigenvalue weighted by Crippen LogP contribution is 2.21. The minimum Gasteiger partial charge on any atom is -0.463 e. The van der Waals surface area contributed by atoms with Gasteiger partial charge in [-0.1, -0.05) is 96.7 Å². The summed E-state index contributed by atoms with van der Waals surface area (Å²) in [6.07, 6.45) is 14.7. The van der Waals surface area contributed by atoms with Crippen LogP contribution in [0.1, 0.15) is 104 Å². The fourth-order valence-electron chi connectivity index (χ4n) is 2.90. The van der Waals surface area contributed by atoms with E-state index in [-0.39, 0.29) is 6.10 Å². The molecule has 0 amide bonds. The zero-order valence-corrected chi connectivity index (χ0v) is 20.2. The van der Waals surface area contributed by atoms with Crippen LogP contribution in [0, 0.1) is 0 Å². The van der Waals surface area contributed by atoms with Gasteiger partial charge in [0.05, 0.1) is 19.3 Å². The van der Waals surface area contributed by atoms with Gasteiger partial charge < -0.3 is 14.6 Å². The van der Waals surface area contributed by atoms with Gasteiger partial charge in [0.1, 0.15) is 0 Å². The van der Waals surface area contributed by atoms with Gasteiger partial charge in [0, 0.05) is 5.75 Å². The van der Waals surface area contributed by atoms with E-state index in [1.807, 2.05) is 0 Å². The maximum Gasteiger partial charge on any atom is 0.323 e. The second-order valence-corrected chi connectivity index (χ2v) is 8.80. The van der Waals surface area contributed by atoms with E-state index in [1.165, 1.54) is 56.7 Å². The number of aromatic nitrogens is 3. The van der Waals surface area contributed by atoms with Crippen LogP contribution in [0.4, 0.5) is 0 Å². The third kappa shape index (κ3) is 14.0. The predicted octanol–water partition coefficient (Wildman–Crippen LogP) is 6.21. The van der Waals surface area contributed by atoms with Crippen molar-refractivity contribution in [1.29, 1.82) is 0 Å². The molecule has 1 aromatic rings. The molecule has 1 unspecified atom stereocenters. The molecule has 0 fully saturated rings. The molecular weight excluding hydrogens is 398 g/mol. The van der Waals surface area contributed by atoms with Gasteiger partial charge in [0.25, 0.3) is 0 Å². The Balaban J connectivity index is 2.37. The summed E-state index contributed by atoms with van der Waals surface area (Å²) >= 11 is 1.44. The lowest BCUT2D eigenvalue weighted by atomic mass is 10.1. The van der Waals surface area contributed by atoms with Crippen LogP contribution < -0.4 is 9.47 Å². The highest BCUT2D eigenvalue weighted by Gasteiger charge is 2.12. The molecule has 1 aromatic heterocycles. The first kappa shape index (κ1) is 27.0. The Morgan fingerprint density at radius 2 is 1.20 bits per heavy atom. The second-order valence-electron chi connectivity index (χ2n) is 7.82. The minimum atomic E-state index is -0.347. The molecule has 6 nitrogen and oxygen atoms in total. The second kappa shape index (κ2) is 18.7. The summed E-state index contributed by atoms with van der Waals surface area (Å²) in [6, 6.07) is 0.620. The molecular formula is C23H43N3O3S. The predicted molar refractivity (Wildman–Crippen MR) is 125 cm³/mol. The molecule has 30 heavy (non-hydrogen) atoms. The molecule has 0 bridgehead atoms. The quantitative estimate of drug-likeness (QED) is 0.190. The molecule has 7 heteroatoms. The van der Waals surface area contributed by atoms with E-state index in [9.17, 15) is 5.11 Å². The number of nitrogens with zero attached hydrogens (tertiary/aromatic N) is 3. The maximum absolute atomic E-state index is 10.3. The summed E-state index contributed by atoms with van der Waals surface area (Å²) in [5.41, 5.74) is 0. The number of aliphatic hydroxyl groups excluding tert-OH is 1. The van der Waals surface area contributed by atoms with Crippen LogP contribution in [-0.2, 0) is 0 Å². The van der Waals surface area contributed by atoms with E-state index in [2.05, 4.69) is 35.7 Å². The van der Waals surface area contributed by atoms with Gasteiger partial charge in [-0.3, -0.25) is 0 Å². The molecule has 0 spiro atoms. The molecule has 0 radical (unpaired) electrons. The fourth-order valence-corrected chi connectivity index (χ4v) is 3.69. The van der Waals surface area contributed by atoms with Crippen molar-refractivity contribution in [3.05, 3.63) is 0 Å². The minimum absolute atomic E-state index is 0.310. The van der Waals surface area contributed by atoms with Crippen molar-refractivity contribution in [3.8, 4) is 12.0 Å². The van der Waals surface area contributed by atoms with Gasteiger partial charge in [-0.15, -0.1) is 4.98 Å². The number of rotatable bonds is 20. The summed E-state index contributed by atoms with van der Waals surface area (Å²) < 4.78 is 11.3. The average molecular weight is 442 g/mol. The lowest BCUT2D eigenvalue weighted by molar-refractivity contribution is 0.184. The van der Waals surface area contributed by atoms with Crippen LogP contribution in [0.2, 0.25) is 0 Å². The Morgan fingerprint density at radius 3 is 1.73 bits per heavy atom. The van der Waals surface area contributed by atoms with Crippen LogP contribution >= 0.6 is 11.8 Å². The Hall–Kier alpha value is -1.08. The van der Waals surface area contributed by atoms with Gasteiger partial charge in [-0.05, 0) is 19.3 Å². The molecule has 1 heterocycles. The van der Waals surface area contributed by atoms with Gasteiger partial charge in [0.15, 0.2) is 5.16 Å². The normalized spacial score (nSPS) is 12.1. The third-order valence-corrected chi connectivity index (χ3v) is 5.82. The molecule has 1 rings (SSSR count). The van der Waals surface area contributed by atoms with E-state index >= 15 is 0 Å². The largest absolute Gasteiger partial charge is 0.463 e. The molecule has 0 aromatic carbocycles. The summed E-state index contributed by atoms with van der Waals surface area (Å²) in [5, 5.41) is 10.9. The van der Waals surface area contributed by atoms with E-state index in [4.69, 9.17) is 9.47 Å². The van der Waals surface area contributed by atoms with Crippen LogP contribution in [0.15, 0.2) is 5.16 Å². The molecule has 0 aliphatic carbocycles. The van der Waals surface area contributed by atoms with Crippen LogP contribution in [0.5, 0.6) is 12.0 Å². The summed E-state index contributed by atoms with van der Waals surface area (Å²) in [5.74, 6) is 0.573. The Morgan fingerprint density at radius 1 is 0.700 bits per heavy atom. The van der Waals surface area contributed by atoms with E-state index in [0.717, 1.165) is 38.5 Å². The number of aliphatic hydroxyl groups is 1. The fraction of sp³-hybridized carbons (Fsp3) is 0.870. The Bertz CT molecular complexity index is 506. The molecule has 174 valence electrons. The summed E-state index contributed by atoms with van der Waals surface area (Å²) in [7, 11) is 0. The number of ether oxygens (including phenoxy) is 2. The highest BCUT2D eigenvalue weighted by molar-refractivity contribution is 7.99. The molecule has 0 aliphatic heterocycles. The molecule has 0 saturated carbocycles. The van der Waals surface area contributed by atoms with E-state index < -0.39 is 0 Å². The van der Waals surface area contributed by atoms with E-state index in [1.54, 1.807) is 0 Å². The van der Waals surface area contributed by atoms with Crippen LogP contribution in [0.3, 0.4) is 0 Å². The zero-order valence-electron chi connectivity index (χ0n) is 19.4. The third-order valence-electron chi connectivity index (χ3n) is 4.83. The van der Waals surface area contributed by atoms with Crippen molar-refractivity contribution in [1.82, 2.24) is 15.0 Å². The molecule has 0 aliphatic rings. The first-order valence-corrected chi connectivity index (χ1v) is 13.0. The lowest BCUT2D eigenvalue weighted by Crippen LogP contribution is -2.11. The molecule has 0 saturated heterocycles. The number of thioether (sulfide) groups is 1. The SMILES string of the molecule is CCCCCCCCCCC(O)CSc1nc(OCCCC)nc(OCCCC)n1. The van der Waals surface area contributed by atoms with Crippen molar-refractivity contribution in [2.24, 2.45) is 0 Å². The topological polar surface area (TPSA) is 77.4 Å².